The van der Waals surface area contributed by atoms with Crippen molar-refractivity contribution in [2.75, 3.05) is 0 Å². The molecule has 0 amide bonds. The Morgan fingerprint density at radius 1 is 1.17 bits per heavy atom. The molecule has 1 unspecified atom stereocenters. The molecule has 1 heterocycles. The zero-order valence-electron chi connectivity index (χ0n) is 10.3. The maximum absolute atomic E-state index is 6.37. The highest BCUT2D eigenvalue weighted by Crippen LogP contribution is 2.30. The molecule has 0 aromatic carbocycles. The molecule has 1 aromatic rings. The van der Waals surface area contributed by atoms with Crippen molar-refractivity contribution in [2.45, 2.75) is 44.6 Å². The molecule has 0 saturated carbocycles. The monoisotopic (exact) mass is 372 g/mol. The smallest absolute Gasteiger partial charge is 0.0755 e. The first kappa shape index (κ1) is 14.2. The molecular weight excluding hydrogens is 356 g/mol. The van der Waals surface area contributed by atoms with E-state index in [1.54, 1.807) is 0 Å². The van der Waals surface area contributed by atoms with Crippen molar-refractivity contribution >= 4 is 31.9 Å². The van der Waals surface area contributed by atoms with E-state index < -0.39 is 0 Å². The minimum Gasteiger partial charge on any atom is -0.319 e. The quantitative estimate of drug-likeness (QED) is 0.749. The molecule has 1 aromatic heterocycles. The highest BCUT2D eigenvalue weighted by molar-refractivity contribution is 9.11. The summed E-state index contributed by atoms with van der Waals surface area (Å²) in [7, 11) is 0. The van der Waals surface area contributed by atoms with E-state index in [1.165, 1.54) is 31.3 Å². The highest BCUT2D eigenvalue weighted by atomic mass is 79.9. The summed E-state index contributed by atoms with van der Waals surface area (Å²) in [6.07, 6.45) is 11.6. The first-order valence-corrected chi connectivity index (χ1v) is 8.02. The summed E-state index contributed by atoms with van der Waals surface area (Å²) >= 11 is 6.97. The van der Waals surface area contributed by atoms with Crippen LogP contribution >= 0.6 is 31.9 Å². The van der Waals surface area contributed by atoms with Crippen molar-refractivity contribution < 1.29 is 0 Å². The van der Waals surface area contributed by atoms with Crippen LogP contribution in [0.4, 0.5) is 0 Å². The molecule has 0 fully saturated rings. The molecule has 0 spiro atoms. The Hall–Kier alpha value is -0.190. The van der Waals surface area contributed by atoms with Gasteiger partial charge in [-0.15, -0.1) is 0 Å². The lowest BCUT2D eigenvalue weighted by molar-refractivity contribution is 0.599. The van der Waals surface area contributed by atoms with Gasteiger partial charge in [-0.1, -0.05) is 24.5 Å². The van der Waals surface area contributed by atoms with Crippen LogP contribution in [0.25, 0.3) is 0 Å². The number of hydrogen-bond donors (Lipinski definition) is 1. The lowest BCUT2D eigenvalue weighted by Gasteiger charge is -2.19. The van der Waals surface area contributed by atoms with Crippen molar-refractivity contribution in [2.24, 2.45) is 5.73 Å². The minimum atomic E-state index is -0.0782. The normalized spacial score (nSPS) is 18.7. The van der Waals surface area contributed by atoms with Gasteiger partial charge in [0.15, 0.2) is 0 Å². The van der Waals surface area contributed by atoms with E-state index in [-0.39, 0.29) is 6.04 Å². The number of hydrogen-bond acceptors (Lipinski definition) is 2. The highest BCUT2D eigenvalue weighted by Gasteiger charge is 2.17. The molecule has 18 heavy (non-hydrogen) atoms. The Labute approximate surface area is 125 Å². The summed E-state index contributed by atoms with van der Waals surface area (Å²) in [6.45, 7) is 0. The predicted molar refractivity (Wildman–Crippen MR) is 82.4 cm³/mol. The standard InChI is InChI=1S/C14H18Br2N2/c15-11-8-12(16)14(18-9-11)13(17)10-6-4-2-1-3-5-7-10/h6,8-9,13H,1-5,7,17H2. The molecule has 1 atom stereocenters. The van der Waals surface area contributed by atoms with Crippen molar-refractivity contribution in [1.29, 1.82) is 0 Å². The van der Waals surface area contributed by atoms with E-state index in [2.05, 4.69) is 42.9 Å². The van der Waals surface area contributed by atoms with Gasteiger partial charge in [0.1, 0.15) is 0 Å². The Balaban J connectivity index is 2.20. The lowest BCUT2D eigenvalue weighted by atomic mass is 9.93. The van der Waals surface area contributed by atoms with Gasteiger partial charge in [0.05, 0.1) is 11.7 Å². The summed E-state index contributed by atoms with van der Waals surface area (Å²) in [5.74, 6) is 0. The van der Waals surface area contributed by atoms with E-state index >= 15 is 0 Å². The largest absolute Gasteiger partial charge is 0.319 e. The molecule has 0 bridgehead atoms. The van der Waals surface area contributed by atoms with Crippen LogP contribution in [0.1, 0.15) is 50.3 Å². The zero-order valence-corrected chi connectivity index (χ0v) is 13.5. The summed E-state index contributed by atoms with van der Waals surface area (Å²) in [5, 5.41) is 0. The second-order valence-corrected chi connectivity index (χ2v) is 6.50. The Bertz CT molecular complexity index is 443. The number of aromatic nitrogens is 1. The first-order valence-electron chi connectivity index (χ1n) is 6.44. The van der Waals surface area contributed by atoms with Crippen LogP contribution in [-0.4, -0.2) is 4.98 Å². The number of nitrogens with two attached hydrogens (primary N) is 1. The number of pyridine rings is 1. The number of rotatable bonds is 2. The summed E-state index contributed by atoms with van der Waals surface area (Å²) in [4.78, 5) is 4.45. The van der Waals surface area contributed by atoms with Crippen LogP contribution in [0.3, 0.4) is 0 Å². The number of allylic oxidation sites excluding steroid dienone is 1. The molecule has 1 aliphatic rings. The lowest BCUT2D eigenvalue weighted by Crippen LogP contribution is -2.16. The molecule has 2 rings (SSSR count). The van der Waals surface area contributed by atoms with Gasteiger partial charge in [0.25, 0.3) is 0 Å². The molecule has 0 saturated heterocycles. The van der Waals surface area contributed by atoms with Crippen LogP contribution < -0.4 is 5.73 Å². The third kappa shape index (κ3) is 3.65. The Kier molecular flexibility index (Phi) is 5.39. The fourth-order valence-electron chi connectivity index (χ4n) is 2.33. The average molecular weight is 374 g/mol. The van der Waals surface area contributed by atoms with Crippen molar-refractivity contribution in [3.05, 3.63) is 38.6 Å². The first-order chi connectivity index (χ1) is 8.68. The zero-order chi connectivity index (χ0) is 13.0. The molecule has 98 valence electrons. The van der Waals surface area contributed by atoms with Gasteiger partial charge in [-0.05, 0) is 63.6 Å². The summed E-state index contributed by atoms with van der Waals surface area (Å²) in [6, 6.07) is 1.93. The van der Waals surface area contributed by atoms with Gasteiger partial charge in [-0.2, -0.15) is 0 Å². The SMILES string of the molecule is NC(C1=CCCCCCC1)c1ncc(Br)cc1Br. The number of halogens is 2. The van der Waals surface area contributed by atoms with Crippen molar-refractivity contribution in [3.63, 3.8) is 0 Å². The fraction of sp³-hybridized carbons (Fsp3) is 0.500. The van der Waals surface area contributed by atoms with Crippen molar-refractivity contribution in [1.82, 2.24) is 4.98 Å². The molecular formula is C14H18Br2N2. The van der Waals surface area contributed by atoms with Crippen molar-refractivity contribution in [3.8, 4) is 0 Å². The minimum absolute atomic E-state index is 0.0782. The molecule has 0 radical (unpaired) electrons. The van der Waals surface area contributed by atoms with E-state index in [9.17, 15) is 0 Å². The van der Waals surface area contributed by atoms with Crippen LogP contribution in [0, 0.1) is 0 Å². The van der Waals surface area contributed by atoms with Gasteiger partial charge < -0.3 is 5.73 Å². The van der Waals surface area contributed by atoms with E-state index in [1.807, 2.05) is 12.3 Å². The Morgan fingerprint density at radius 3 is 2.72 bits per heavy atom. The van der Waals surface area contributed by atoms with Crippen LogP contribution in [0.5, 0.6) is 0 Å². The summed E-state index contributed by atoms with van der Waals surface area (Å²) in [5.41, 5.74) is 8.64. The maximum atomic E-state index is 6.37. The fourth-order valence-corrected chi connectivity index (χ4v) is 3.56. The molecule has 2 nitrogen and oxygen atoms in total. The van der Waals surface area contributed by atoms with E-state index in [0.717, 1.165) is 27.5 Å². The van der Waals surface area contributed by atoms with Gasteiger partial charge in [-0.3, -0.25) is 4.98 Å². The molecule has 4 heteroatoms. The van der Waals surface area contributed by atoms with Gasteiger partial charge in [0, 0.05) is 15.1 Å². The maximum Gasteiger partial charge on any atom is 0.0755 e. The van der Waals surface area contributed by atoms with E-state index in [4.69, 9.17) is 5.73 Å². The second-order valence-electron chi connectivity index (χ2n) is 4.73. The predicted octanol–water partition coefficient (Wildman–Crippen LogP) is 4.89. The molecule has 0 aliphatic heterocycles. The molecule has 2 N–H and O–H groups in total. The van der Waals surface area contributed by atoms with Crippen LogP contribution in [0.2, 0.25) is 0 Å². The Morgan fingerprint density at radius 2 is 1.94 bits per heavy atom. The van der Waals surface area contributed by atoms with Crippen LogP contribution in [-0.2, 0) is 0 Å². The van der Waals surface area contributed by atoms with Gasteiger partial charge in [-0.25, -0.2) is 0 Å². The van der Waals surface area contributed by atoms with Gasteiger partial charge in [0.2, 0.25) is 0 Å². The topological polar surface area (TPSA) is 38.9 Å². The van der Waals surface area contributed by atoms with Crippen LogP contribution in [0.15, 0.2) is 32.9 Å². The van der Waals surface area contributed by atoms with Gasteiger partial charge >= 0.3 is 0 Å². The third-order valence-electron chi connectivity index (χ3n) is 3.36. The average Bonchev–Trinajstić information content (AvgIpc) is 2.27. The van der Waals surface area contributed by atoms with E-state index in [0.29, 0.717) is 0 Å². The number of nitrogens with zero attached hydrogens (tertiary/aromatic N) is 1. The third-order valence-corrected chi connectivity index (χ3v) is 4.43. The summed E-state index contributed by atoms with van der Waals surface area (Å²) < 4.78 is 1.95. The second kappa shape index (κ2) is 6.83. The molecule has 1 aliphatic carbocycles.